The minimum absolute atomic E-state index is 0.130. The highest BCUT2D eigenvalue weighted by Crippen LogP contribution is 2.29. The number of aryl methyl sites for hydroxylation is 2. The number of aliphatic hydroxyl groups excluding tert-OH is 1. The van der Waals surface area contributed by atoms with Crippen molar-refractivity contribution >= 4 is 52.4 Å². The Labute approximate surface area is 220 Å². The van der Waals surface area contributed by atoms with Crippen LogP contribution in [0.5, 0.6) is 0 Å². The van der Waals surface area contributed by atoms with Gasteiger partial charge >= 0.3 is 18.2 Å². The van der Waals surface area contributed by atoms with E-state index in [0.29, 0.717) is 28.9 Å². The van der Waals surface area contributed by atoms with Gasteiger partial charge in [-0.3, -0.25) is 0 Å². The molecular weight excluding hydrogens is 529 g/mol. The third-order valence-electron chi connectivity index (χ3n) is 5.12. The first-order valence-corrected chi connectivity index (χ1v) is 11.6. The number of alkyl halides is 3. The maximum atomic E-state index is 12.3. The van der Waals surface area contributed by atoms with Crippen LogP contribution in [0.2, 0.25) is 5.02 Å². The molecule has 1 atom stereocenters. The van der Waals surface area contributed by atoms with Gasteiger partial charge in [0.1, 0.15) is 5.02 Å². The Morgan fingerprint density at radius 1 is 1.13 bits per heavy atom. The molecule has 1 aliphatic rings. The fraction of sp³-hybridized carbons (Fsp3) is 0.250. The zero-order valence-corrected chi connectivity index (χ0v) is 20.7. The number of carbonyl (C=O) groups excluding carboxylic acids is 1. The molecule has 1 unspecified atom stereocenters. The van der Waals surface area contributed by atoms with Crippen LogP contribution >= 0.6 is 11.6 Å². The van der Waals surface area contributed by atoms with Crippen molar-refractivity contribution in [3.63, 3.8) is 0 Å². The molecule has 6 N–H and O–H groups in total. The molecule has 4 rings (SSSR count). The van der Waals surface area contributed by atoms with E-state index in [2.05, 4.69) is 43.4 Å². The summed E-state index contributed by atoms with van der Waals surface area (Å²) < 4.78 is 31.7. The van der Waals surface area contributed by atoms with Gasteiger partial charge in [0.15, 0.2) is 5.82 Å². The molecule has 202 valence electrons. The Bertz CT molecular complexity index is 1310. The van der Waals surface area contributed by atoms with E-state index in [-0.39, 0.29) is 18.7 Å². The highest BCUT2D eigenvalue weighted by atomic mass is 35.5. The van der Waals surface area contributed by atoms with Crippen molar-refractivity contribution in [2.75, 3.05) is 22.6 Å². The largest absolute Gasteiger partial charge is 0.490 e. The van der Waals surface area contributed by atoms with Gasteiger partial charge < -0.3 is 31.5 Å². The van der Waals surface area contributed by atoms with E-state index in [9.17, 15) is 18.0 Å². The first kappa shape index (κ1) is 28.5. The maximum absolute atomic E-state index is 12.3. The number of rotatable bonds is 3. The molecule has 2 aromatic carbocycles. The number of nitrogens with one attached hydrogen (secondary N) is 4. The number of fused-ring (bicyclic) bond motifs is 6. The molecule has 0 aliphatic carbocycles. The molecule has 1 aliphatic heterocycles. The number of nitrogens with zero attached hydrogens (tertiary/aromatic N) is 2. The van der Waals surface area contributed by atoms with Crippen LogP contribution in [0, 0.1) is 0 Å². The second-order valence-electron chi connectivity index (χ2n) is 8.20. The topological polar surface area (TPSA) is 148 Å². The third kappa shape index (κ3) is 8.21. The molecule has 3 aromatic rings. The summed E-state index contributed by atoms with van der Waals surface area (Å²) in [5.41, 5.74) is 4.47. The number of amides is 2. The number of aliphatic hydroxyl groups is 1. The number of aromatic nitrogens is 2. The van der Waals surface area contributed by atoms with E-state index < -0.39 is 12.1 Å². The van der Waals surface area contributed by atoms with Crippen LogP contribution in [0.3, 0.4) is 0 Å². The predicted octanol–water partition coefficient (Wildman–Crippen LogP) is 4.85. The van der Waals surface area contributed by atoms with Gasteiger partial charge in [-0.2, -0.15) is 18.2 Å². The fourth-order valence-corrected chi connectivity index (χ4v) is 3.43. The van der Waals surface area contributed by atoms with E-state index in [1.54, 1.807) is 13.1 Å². The number of carbonyl (C=O) groups is 2. The summed E-state index contributed by atoms with van der Waals surface area (Å²) in [6.45, 7) is 1.60. The Kier molecular flexibility index (Phi) is 9.31. The fourth-order valence-electron chi connectivity index (χ4n) is 3.29. The van der Waals surface area contributed by atoms with Gasteiger partial charge in [-0.05, 0) is 61.2 Å². The first-order valence-electron chi connectivity index (χ1n) is 11.2. The second kappa shape index (κ2) is 12.4. The highest BCUT2D eigenvalue weighted by molar-refractivity contribution is 6.32. The molecular formula is C24H24ClF3N6O4. The van der Waals surface area contributed by atoms with Crippen LogP contribution in [0.25, 0.3) is 0 Å². The van der Waals surface area contributed by atoms with Gasteiger partial charge in [-0.15, -0.1) is 0 Å². The number of carboxylic acid groups (broad SMARTS) is 1. The Hall–Kier alpha value is -4.10. The van der Waals surface area contributed by atoms with E-state index in [1.165, 1.54) is 0 Å². The maximum Gasteiger partial charge on any atom is 0.490 e. The molecule has 0 saturated heterocycles. The first-order chi connectivity index (χ1) is 17.9. The molecule has 0 spiro atoms. The van der Waals surface area contributed by atoms with Crippen molar-refractivity contribution in [3.05, 3.63) is 64.8 Å². The minimum Gasteiger partial charge on any atom is -0.475 e. The number of aliphatic carboxylic acids is 1. The standard InChI is InChI=1S/C22H23ClN6O2.C2HF3O2/c1-13(12-30)25-22(31)28-19-8-7-17-10-15(19)6-5-14-3-2-4-16(9-14)27-21-24-11-18(23)20(26-17)29-21;3-2(4,5)1(6)7/h2-4,7-11,13,30H,5-6,12H2,1H3,(H2,25,28,31)(H2,24,26,27,29);(H,6,7). The van der Waals surface area contributed by atoms with E-state index in [4.69, 9.17) is 26.6 Å². The predicted molar refractivity (Wildman–Crippen MR) is 136 cm³/mol. The summed E-state index contributed by atoms with van der Waals surface area (Å²) in [6, 6.07) is 13.0. The van der Waals surface area contributed by atoms with Crippen LogP contribution < -0.4 is 21.3 Å². The molecule has 38 heavy (non-hydrogen) atoms. The quantitative estimate of drug-likeness (QED) is 0.270. The van der Waals surface area contributed by atoms with E-state index in [1.807, 2.05) is 30.3 Å². The molecule has 10 nitrogen and oxygen atoms in total. The Balaban J connectivity index is 0.000000505. The summed E-state index contributed by atoms with van der Waals surface area (Å²) >= 11 is 6.29. The SMILES string of the molecule is CC(CO)NC(=O)Nc1ccc2cc1CCc1cccc(c1)Nc1ncc(Cl)c(n1)N2.O=C(O)C(F)(F)F. The Morgan fingerprint density at radius 3 is 2.53 bits per heavy atom. The van der Waals surface area contributed by atoms with Crippen molar-refractivity contribution in [1.29, 1.82) is 0 Å². The van der Waals surface area contributed by atoms with Gasteiger partial charge in [-0.1, -0.05) is 23.7 Å². The molecule has 6 bridgehead atoms. The number of urea groups is 1. The van der Waals surface area contributed by atoms with Crippen LogP contribution in [-0.4, -0.2) is 51.0 Å². The number of halogens is 4. The van der Waals surface area contributed by atoms with Crippen molar-refractivity contribution in [2.24, 2.45) is 0 Å². The monoisotopic (exact) mass is 552 g/mol. The van der Waals surface area contributed by atoms with Gasteiger partial charge in [0.05, 0.1) is 18.8 Å². The van der Waals surface area contributed by atoms with Crippen LogP contribution in [0.1, 0.15) is 18.1 Å². The molecule has 2 heterocycles. The summed E-state index contributed by atoms with van der Waals surface area (Å²) in [5.74, 6) is -1.83. The normalized spacial score (nSPS) is 13.0. The van der Waals surface area contributed by atoms with E-state index >= 15 is 0 Å². The molecule has 2 amide bonds. The zero-order chi connectivity index (χ0) is 27.9. The van der Waals surface area contributed by atoms with Gasteiger partial charge in [0.2, 0.25) is 5.95 Å². The number of carboxylic acids is 1. The minimum atomic E-state index is -5.08. The van der Waals surface area contributed by atoms with Gasteiger partial charge in [0.25, 0.3) is 0 Å². The Morgan fingerprint density at radius 2 is 1.84 bits per heavy atom. The van der Waals surface area contributed by atoms with Crippen LogP contribution in [0.15, 0.2) is 48.7 Å². The van der Waals surface area contributed by atoms with Crippen molar-refractivity contribution in [3.8, 4) is 0 Å². The molecule has 1 aromatic heterocycles. The summed E-state index contributed by atoms with van der Waals surface area (Å²) in [7, 11) is 0. The highest BCUT2D eigenvalue weighted by Gasteiger charge is 2.38. The zero-order valence-electron chi connectivity index (χ0n) is 19.9. The molecule has 0 radical (unpaired) electrons. The van der Waals surface area contributed by atoms with Crippen LogP contribution in [0.4, 0.5) is 46.8 Å². The second-order valence-corrected chi connectivity index (χ2v) is 8.60. The van der Waals surface area contributed by atoms with Crippen molar-refractivity contribution in [1.82, 2.24) is 15.3 Å². The smallest absolute Gasteiger partial charge is 0.475 e. The third-order valence-corrected chi connectivity index (χ3v) is 5.40. The molecule has 0 saturated carbocycles. The lowest BCUT2D eigenvalue weighted by atomic mass is 10.0. The summed E-state index contributed by atoms with van der Waals surface area (Å²) in [6.07, 6.45) is -2.05. The summed E-state index contributed by atoms with van der Waals surface area (Å²) in [5, 5.41) is 28.7. The lowest BCUT2D eigenvalue weighted by Crippen LogP contribution is -2.38. The molecule has 14 heteroatoms. The average Bonchev–Trinajstić information content (AvgIpc) is 2.86. The lowest BCUT2D eigenvalue weighted by Gasteiger charge is -2.16. The lowest BCUT2D eigenvalue weighted by molar-refractivity contribution is -0.192. The molecule has 0 fully saturated rings. The van der Waals surface area contributed by atoms with Crippen molar-refractivity contribution in [2.45, 2.75) is 32.0 Å². The van der Waals surface area contributed by atoms with Crippen LogP contribution in [-0.2, 0) is 17.6 Å². The summed E-state index contributed by atoms with van der Waals surface area (Å²) in [4.78, 5) is 29.9. The van der Waals surface area contributed by atoms with Gasteiger partial charge in [-0.25, -0.2) is 14.6 Å². The number of hydrogen-bond donors (Lipinski definition) is 6. The van der Waals surface area contributed by atoms with Crippen molar-refractivity contribution < 1.29 is 33.0 Å². The average molecular weight is 553 g/mol. The number of anilines is 5. The number of benzene rings is 2. The number of hydrogen-bond acceptors (Lipinski definition) is 7. The van der Waals surface area contributed by atoms with Gasteiger partial charge in [0, 0.05) is 17.1 Å². The van der Waals surface area contributed by atoms with E-state index in [0.717, 1.165) is 28.9 Å².